The molecular weight excluding hydrogens is 237 g/mol. The van der Waals surface area contributed by atoms with Crippen molar-refractivity contribution in [3.05, 3.63) is 28.5 Å². The summed E-state index contributed by atoms with van der Waals surface area (Å²) in [6, 6.07) is 4.57. The summed E-state index contributed by atoms with van der Waals surface area (Å²) >= 11 is 3.05. The molecule has 0 radical (unpaired) electrons. The first-order valence-corrected chi connectivity index (χ1v) is 4.72. The largest absolute Gasteiger partial charge is 0.492 e. The molecule has 0 aliphatic heterocycles. The molecule has 1 rings (SSSR count). The van der Waals surface area contributed by atoms with Crippen LogP contribution in [0.1, 0.15) is 6.92 Å². The van der Waals surface area contributed by atoms with Gasteiger partial charge in [-0.1, -0.05) is 0 Å². The van der Waals surface area contributed by atoms with Crippen LogP contribution < -0.4 is 10.5 Å². The summed E-state index contributed by atoms with van der Waals surface area (Å²) in [4.78, 5) is 0. The normalized spacial score (nSPS) is 12.6. The summed E-state index contributed by atoms with van der Waals surface area (Å²) in [5.74, 6) is 0.167. The van der Waals surface area contributed by atoms with E-state index in [1.165, 1.54) is 6.07 Å². The van der Waals surface area contributed by atoms with E-state index in [9.17, 15) is 4.39 Å². The van der Waals surface area contributed by atoms with Crippen LogP contribution in [0.3, 0.4) is 0 Å². The Morgan fingerprint density at radius 1 is 1.62 bits per heavy atom. The van der Waals surface area contributed by atoms with Gasteiger partial charge in [-0.2, -0.15) is 0 Å². The van der Waals surface area contributed by atoms with Gasteiger partial charge in [0.1, 0.15) is 18.2 Å². The van der Waals surface area contributed by atoms with Crippen LogP contribution in [0, 0.1) is 5.82 Å². The van der Waals surface area contributed by atoms with Crippen molar-refractivity contribution >= 4 is 15.9 Å². The average molecular weight is 248 g/mol. The second-order valence-corrected chi connectivity index (χ2v) is 3.72. The zero-order valence-corrected chi connectivity index (χ0v) is 8.84. The molecular formula is C9H11BrFNO. The van der Waals surface area contributed by atoms with E-state index in [1.54, 1.807) is 12.1 Å². The smallest absolute Gasteiger partial charge is 0.141 e. The van der Waals surface area contributed by atoms with Crippen LogP contribution in [0.5, 0.6) is 5.75 Å². The molecule has 0 fully saturated rings. The van der Waals surface area contributed by atoms with Crippen molar-refractivity contribution in [2.75, 3.05) is 6.61 Å². The van der Waals surface area contributed by atoms with Gasteiger partial charge in [-0.25, -0.2) is 4.39 Å². The van der Waals surface area contributed by atoms with Crippen LogP contribution in [0.2, 0.25) is 0 Å². The summed E-state index contributed by atoms with van der Waals surface area (Å²) in [5, 5.41) is 0. The van der Waals surface area contributed by atoms with Crippen LogP contribution >= 0.6 is 15.9 Å². The average Bonchev–Trinajstić information content (AvgIpc) is 2.07. The highest BCUT2D eigenvalue weighted by Gasteiger charge is 2.02. The maximum Gasteiger partial charge on any atom is 0.141 e. The molecule has 0 spiro atoms. The van der Waals surface area contributed by atoms with Gasteiger partial charge in [-0.3, -0.25) is 0 Å². The van der Waals surface area contributed by atoms with E-state index in [2.05, 4.69) is 15.9 Å². The molecule has 0 saturated heterocycles. The lowest BCUT2D eigenvalue weighted by molar-refractivity contribution is 0.295. The lowest BCUT2D eigenvalue weighted by Crippen LogP contribution is -2.23. The van der Waals surface area contributed by atoms with Gasteiger partial charge >= 0.3 is 0 Å². The van der Waals surface area contributed by atoms with Gasteiger partial charge < -0.3 is 10.5 Å². The highest BCUT2D eigenvalue weighted by molar-refractivity contribution is 9.10. The molecule has 1 atom stereocenters. The van der Waals surface area contributed by atoms with E-state index in [1.807, 2.05) is 6.92 Å². The Morgan fingerprint density at radius 3 is 2.85 bits per heavy atom. The molecule has 1 unspecified atom stereocenters. The number of rotatable bonds is 3. The van der Waals surface area contributed by atoms with Crippen LogP contribution in [0.4, 0.5) is 4.39 Å². The molecule has 1 aromatic carbocycles. The number of nitrogens with two attached hydrogens (primary N) is 1. The molecule has 1 aromatic rings. The predicted molar refractivity (Wildman–Crippen MR) is 53.2 cm³/mol. The first-order chi connectivity index (χ1) is 6.09. The first kappa shape index (κ1) is 10.5. The van der Waals surface area contributed by atoms with Crippen molar-refractivity contribution < 1.29 is 9.13 Å². The van der Waals surface area contributed by atoms with E-state index < -0.39 is 0 Å². The first-order valence-electron chi connectivity index (χ1n) is 3.93. The van der Waals surface area contributed by atoms with Crippen molar-refractivity contribution in [1.29, 1.82) is 0 Å². The second-order valence-electron chi connectivity index (χ2n) is 2.86. The maximum absolute atomic E-state index is 12.9. The topological polar surface area (TPSA) is 35.2 Å². The number of benzene rings is 1. The summed E-state index contributed by atoms with van der Waals surface area (Å²) in [6.07, 6.45) is 0. The van der Waals surface area contributed by atoms with Crippen molar-refractivity contribution in [3.8, 4) is 5.75 Å². The van der Waals surface area contributed by atoms with Gasteiger partial charge in [0.2, 0.25) is 0 Å². The van der Waals surface area contributed by atoms with E-state index >= 15 is 0 Å². The Bertz CT molecular complexity index is 291. The zero-order chi connectivity index (χ0) is 9.84. The van der Waals surface area contributed by atoms with Gasteiger partial charge in [0.15, 0.2) is 0 Å². The molecule has 0 bridgehead atoms. The van der Waals surface area contributed by atoms with Gasteiger partial charge in [-0.15, -0.1) is 0 Å². The predicted octanol–water partition coefficient (Wildman–Crippen LogP) is 2.31. The van der Waals surface area contributed by atoms with Gasteiger partial charge in [0.25, 0.3) is 0 Å². The second kappa shape index (κ2) is 4.58. The molecule has 0 aromatic heterocycles. The third-order valence-corrected chi connectivity index (χ3v) is 2.05. The minimum absolute atomic E-state index is 0.0493. The monoisotopic (exact) mass is 247 g/mol. The quantitative estimate of drug-likeness (QED) is 0.890. The third kappa shape index (κ3) is 3.32. The van der Waals surface area contributed by atoms with Crippen LogP contribution in [-0.2, 0) is 0 Å². The van der Waals surface area contributed by atoms with E-state index in [4.69, 9.17) is 10.5 Å². The summed E-state index contributed by atoms with van der Waals surface area (Å²) < 4.78 is 18.6. The molecule has 2 N–H and O–H groups in total. The number of halogens is 2. The van der Waals surface area contributed by atoms with E-state index in [0.29, 0.717) is 16.8 Å². The van der Waals surface area contributed by atoms with Crippen molar-refractivity contribution in [2.45, 2.75) is 13.0 Å². The summed E-state index contributed by atoms with van der Waals surface area (Å²) in [5.41, 5.74) is 5.48. The molecule has 0 saturated carbocycles. The minimum Gasteiger partial charge on any atom is -0.492 e. The van der Waals surface area contributed by atoms with Gasteiger partial charge in [0, 0.05) is 12.1 Å². The zero-order valence-electron chi connectivity index (χ0n) is 7.26. The van der Waals surface area contributed by atoms with Crippen LogP contribution in [-0.4, -0.2) is 12.6 Å². The lowest BCUT2D eigenvalue weighted by atomic mass is 10.3. The molecule has 0 aliphatic carbocycles. The molecule has 13 heavy (non-hydrogen) atoms. The van der Waals surface area contributed by atoms with Crippen molar-refractivity contribution in [1.82, 2.24) is 0 Å². The molecule has 0 heterocycles. The third-order valence-electron chi connectivity index (χ3n) is 1.40. The maximum atomic E-state index is 12.9. The molecule has 72 valence electrons. The fourth-order valence-corrected chi connectivity index (χ4v) is 1.04. The standard InChI is InChI=1S/C9H11BrFNO/c1-6(12)5-13-7-2-3-8(10)9(11)4-7/h2-4,6H,5,12H2,1H3. The highest BCUT2D eigenvalue weighted by Crippen LogP contribution is 2.20. The lowest BCUT2D eigenvalue weighted by Gasteiger charge is -2.08. The number of hydrogen-bond donors (Lipinski definition) is 1. The summed E-state index contributed by atoms with van der Waals surface area (Å²) in [7, 11) is 0. The Kier molecular flexibility index (Phi) is 3.69. The Morgan fingerprint density at radius 2 is 2.31 bits per heavy atom. The fourth-order valence-electron chi connectivity index (χ4n) is 0.794. The molecule has 2 nitrogen and oxygen atoms in total. The van der Waals surface area contributed by atoms with Crippen LogP contribution in [0.15, 0.2) is 22.7 Å². The fraction of sp³-hybridized carbons (Fsp3) is 0.333. The van der Waals surface area contributed by atoms with Crippen molar-refractivity contribution in [3.63, 3.8) is 0 Å². The number of ether oxygens (including phenoxy) is 1. The Hall–Kier alpha value is -0.610. The Labute approximate surface area is 85.0 Å². The van der Waals surface area contributed by atoms with E-state index in [-0.39, 0.29) is 11.9 Å². The molecule has 0 aliphatic rings. The van der Waals surface area contributed by atoms with Crippen molar-refractivity contribution in [2.24, 2.45) is 5.73 Å². The minimum atomic E-state index is -0.331. The Balaban J connectivity index is 2.63. The van der Waals surface area contributed by atoms with E-state index in [0.717, 1.165) is 0 Å². The number of hydrogen-bond acceptors (Lipinski definition) is 2. The summed E-state index contributed by atoms with van der Waals surface area (Å²) in [6.45, 7) is 2.22. The molecule has 0 amide bonds. The highest BCUT2D eigenvalue weighted by atomic mass is 79.9. The molecule has 4 heteroatoms. The van der Waals surface area contributed by atoms with Gasteiger partial charge in [0.05, 0.1) is 4.47 Å². The SMILES string of the molecule is CC(N)COc1ccc(Br)c(F)c1. The van der Waals surface area contributed by atoms with Crippen LogP contribution in [0.25, 0.3) is 0 Å². The van der Waals surface area contributed by atoms with Gasteiger partial charge in [-0.05, 0) is 35.0 Å².